The molecule has 4 heteroatoms. The predicted octanol–water partition coefficient (Wildman–Crippen LogP) is 5.84. The van der Waals surface area contributed by atoms with Crippen molar-refractivity contribution in [2.24, 2.45) is 5.16 Å². The second-order valence-electron chi connectivity index (χ2n) is 7.07. The molecular formula is C23H20N2OS. The molecule has 134 valence electrons. The van der Waals surface area contributed by atoms with E-state index in [1.54, 1.807) is 0 Å². The fraction of sp³-hybridized carbons (Fsp3) is 0.174. The zero-order valence-electron chi connectivity index (χ0n) is 15.1. The first-order valence-corrected chi connectivity index (χ1v) is 10.0. The molecule has 0 aliphatic carbocycles. The third-order valence-corrected chi connectivity index (χ3v) is 6.48. The number of amidine groups is 1. The Morgan fingerprint density at radius 3 is 2.37 bits per heavy atom. The molecule has 0 N–H and O–H groups in total. The molecule has 5 rings (SSSR count). The minimum absolute atomic E-state index is 0.299. The van der Waals surface area contributed by atoms with Gasteiger partial charge in [-0.2, -0.15) is 0 Å². The van der Waals surface area contributed by atoms with Crippen LogP contribution in [0.1, 0.15) is 29.7 Å². The lowest BCUT2D eigenvalue weighted by Crippen LogP contribution is -2.47. The van der Waals surface area contributed by atoms with Gasteiger partial charge in [0.05, 0.1) is 5.69 Å². The van der Waals surface area contributed by atoms with Crippen LogP contribution in [-0.4, -0.2) is 11.6 Å². The normalized spacial score (nSPS) is 23.7. The molecule has 3 aromatic rings. The number of fused-ring (bicyclic) bond motifs is 3. The summed E-state index contributed by atoms with van der Waals surface area (Å²) in [5.41, 5.74) is 3.02. The van der Waals surface area contributed by atoms with E-state index in [1.165, 1.54) is 10.5 Å². The third-order valence-electron chi connectivity index (χ3n) is 5.16. The van der Waals surface area contributed by atoms with E-state index in [0.717, 1.165) is 23.5 Å². The summed E-state index contributed by atoms with van der Waals surface area (Å²) < 4.78 is 0. The second-order valence-corrected chi connectivity index (χ2v) is 8.32. The van der Waals surface area contributed by atoms with Gasteiger partial charge in [-0.15, -0.1) is 11.8 Å². The van der Waals surface area contributed by atoms with Crippen LogP contribution in [-0.2, 0) is 4.84 Å². The maximum Gasteiger partial charge on any atom is 0.214 e. The van der Waals surface area contributed by atoms with Crippen LogP contribution in [0.5, 0.6) is 0 Å². The van der Waals surface area contributed by atoms with Crippen molar-refractivity contribution in [3.63, 3.8) is 0 Å². The molecule has 2 aliphatic heterocycles. The maximum atomic E-state index is 6.10. The van der Waals surface area contributed by atoms with E-state index in [4.69, 9.17) is 4.84 Å². The molecule has 2 unspecified atom stereocenters. The van der Waals surface area contributed by atoms with E-state index >= 15 is 0 Å². The molecule has 0 fully saturated rings. The van der Waals surface area contributed by atoms with Gasteiger partial charge in [-0.25, -0.2) is 0 Å². The van der Waals surface area contributed by atoms with Crippen molar-refractivity contribution in [1.29, 1.82) is 0 Å². The quantitative estimate of drug-likeness (QED) is 0.565. The van der Waals surface area contributed by atoms with Crippen molar-refractivity contribution < 1.29 is 4.84 Å². The van der Waals surface area contributed by atoms with Gasteiger partial charge in [0.15, 0.2) is 5.84 Å². The molecule has 0 saturated carbocycles. The van der Waals surface area contributed by atoms with Gasteiger partial charge in [-0.3, -0.25) is 4.90 Å². The van der Waals surface area contributed by atoms with E-state index in [2.05, 4.69) is 83.7 Å². The lowest BCUT2D eigenvalue weighted by atomic mass is 10.00. The third kappa shape index (κ3) is 2.81. The molecule has 2 heterocycles. The van der Waals surface area contributed by atoms with Crippen molar-refractivity contribution in [2.75, 3.05) is 4.90 Å². The SMILES string of the molecule is CC12CC(c3ccccc3)Sc3ccccc3N1C(c1ccccc1)=NO2. The highest BCUT2D eigenvalue weighted by atomic mass is 32.2. The van der Waals surface area contributed by atoms with Gasteiger partial charge in [0, 0.05) is 22.1 Å². The number of anilines is 1. The Morgan fingerprint density at radius 1 is 0.926 bits per heavy atom. The molecule has 0 bridgehead atoms. The Bertz CT molecular complexity index is 990. The van der Waals surface area contributed by atoms with Crippen LogP contribution < -0.4 is 4.90 Å². The average Bonchev–Trinajstić information content (AvgIpc) is 2.99. The number of hydrogen-bond acceptors (Lipinski definition) is 4. The molecule has 3 nitrogen and oxygen atoms in total. The molecule has 0 radical (unpaired) electrons. The van der Waals surface area contributed by atoms with Crippen molar-refractivity contribution in [2.45, 2.75) is 29.2 Å². The number of oxime groups is 1. The Balaban J connectivity index is 1.63. The summed E-state index contributed by atoms with van der Waals surface area (Å²) in [5, 5.41) is 4.82. The Morgan fingerprint density at radius 2 is 1.59 bits per heavy atom. The van der Waals surface area contributed by atoms with E-state index in [-0.39, 0.29) is 0 Å². The molecule has 27 heavy (non-hydrogen) atoms. The largest absolute Gasteiger partial charge is 0.365 e. The fourth-order valence-electron chi connectivity index (χ4n) is 3.85. The van der Waals surface area contributed by atoms with Crippen LogP contribution >= 0.6 is 11.8 Å². The van der Waals surface area contributed by atoms with E-state index in [9.17, 15) is 0 Å². The van der Waals surface area contributed by atoms with Crippen molar-refractivity contribution in [3.05, 3.63) is 96.1 Å². The number of thioether (sulfide) groups is 1. The van der Waals surface area contributed by atoms with E-state index in [0.29, 0.717) is 5.25 Å². The highest BCUT2D eigenvalue weighted by Crippen LogP contribution is 2.52. The van der Waals surface area contributed by atoms with E-state index in [1.807, 2.05) is 30.0 Å². The number of para-hydroxylation sites is 1. The summed E-state index contributed by atoms with van der Waals surface area (Å²) in [4.78, 5) is 9.63. The summed E-state index contributed by atoms with van der Waals surface area (Å²) in [6.45, 7) is 2.14. The highest BCUT2D eigenvalue weighted by Gasteiger charge is 2.48. The van der Waals surface area contributed by atoms with Gasteiger partial charge in [0.2, 0.25) is 5.72 Å². The van der Waals surface area contributed by atoms with Crippen LogP contribution in [0.2, 0.25) is 0 Å². The second kappa shape index (κ2) is 6.46. The summed E-state index contributed by atoms with van der Waals surface area (Å²) in [6.07, 6.45) is 0.843. The predicted molar refractivity (Wildman–Crippen MR) is 111 cm³/mol. The monoisotopic (exact) mass is 372 g/mol. The lowest BCUT2D eigenvalue weighted by Gasteiger charge is -2.34. The van der Waals surface area contributed by atoms with Gasteiger partial charge in [-0.1, -0.05) is 78.0 Å². The van der Waals surface area contributed by atoms with Crippen LogP contribution in [0, 0.1) is 0 Å². The number of rotatable bonds is 2. The maximum absolute atomic E-state index is 6.10. The zero-order valence-corrected chi connectivity index (χ0v) is 15.9. The molecular weight excluding hydrogens is 352 g/mol. The standard InChI is InChI=1S/C23H20N2OS/c1-23-16-21(17-10-4-2-5-11-17)27-20-15-9-8-14-19(20)25(23)22(24-26-23)18-12-6-3-7-13-18/h2-15,21H,16H2,1H3. The zero-order chi connectivity index (χ0) is 18.3. The van der Waals surface area contributed by atoms with Gasteiger partial charge < -0.3 is 4.84 Å². The summed E-state index contributed by atoms with van der Waals surface area (Å²) >= 11 is 1.91. The first-order valence-electron chi connectivity index (χ1n) is 9.17. The van der Waals surface area contributed by atoms with Crippen LogP contribution in [0.4, 0.5) is 5.69 Å². The highest BCUT2D eigenvalue weighted by molar-refractivity contribution is 7.99. The Labute approximate surface area is 163 Å². The first kappa shape index (κ1) is 16.5. The molecule has 0 amide bonds. The van der Waals surface area contributed by atoms with Gasteiger partial charge in [0.25, 0.3) is 0 Å². The molecule has 2 aliphatic rings. The Kier molecular flexibility index (Phi) is 3.94. The van der Waals surface area contributed by atoms with Gasteiger partial charge in [-0.05, 0) is 24.6 Å². The van der Waals surface area contributed by atoms with Crippen molar-refractivity contribution in [3.8, 4) is 0 Å². The summed E-state index contributed by atoms with van der Waals surface area (Å²) in [6, 6.07) is 29.5. The fourth-order valence-corrected chi connectivity index (χ4v) is 5.28. The molecule has 2 atom stereocenters. The number of benzene rings is 3. The van der Waals surface area contributed by atoms with Gasteiger partial charge in [0.1, 0.15) is 0 Å². The molecule has 0 spiro atoms. The van der Waals surface area contributed by atoms with Crippen LogP contribution in [0.25, 0.3) is 0 Å². The average molecular weight is 372 g/mol. The van der Waals surface area contributed by atoms with E-state index < -0.39 is 5.72 Å². The molecule has 0 aromatic heterocycles. The number of nitrogens with zero attached hydrogens (tertiary/aromatic N) is 2. The van der Waals surface area contributed by atoms with Crippen LogP contribution in [0.15, 0.2) is 95.0 Å². The molecule has 0 saturated heterocycles. The Hall–Kier alpha value is -2.72. The van der Waals surface area contributed by atoms with Crippen molar-refractivity contribution >= 4 is 23.3 Å². The molecule has 3 aromatic carbocycles. The minimum atomic E-state index is -0.523. The summed E-state index contributed by atoms with van der Waals surface area (Å²) in [5.74, 6) is 0.875. The van der Waals surface area contributed by atoms with Crippen molar-refractivity contribution in [1.82, 2.24) is 0 Å². The first-order chi connectivity index (χ1) is 13.2. The smallest absolute Gasteiger partial charge is 0.214 e. The van der Waals surface area contributed by atoms with Gasteiger partial charge >= 0.3 is 0 Å². The number of hydrogen-bond donors (Lipinski definition) is 0. The topological polar surface area (TPSA) is 24.8 Å². The minimum Gasteiger partial charge on any atom is -0.365 e. The summed E-state index contributed by atoms with van der Waals surface area (Å²) in [7, 11) is 0. The van der Waals surface area contributed by atoms with Crippen LogP contribution in [0.3, 0.4) is 0 Å². The lowest BCUT2D eigenvalue weighted by molar-refractivity contribution is -0.00816.